The minimum atomic E-state index is -0.575. The maximum absolute atomic E-state index is 12.7. The number of nitrogens with zero attached hydrogens (tertiary/aromatic N) is 6. The molecule has 0 unspecified atom stereocenters. The summed E-state index contributed by atoms with van der Waals surface area (Å²) >= 11 is 0. The molecule has 1 amide bonds. The van der Waals surface area contributed by atoms with Gasteiger partial charge in [0.05, 0.1) is 11.4 Å². The van der Waals surface area contributed by atoms with Crippen LogP contribution in [0.2, 0.25) is 0 Å². The molecule has 2 aromatic carbocycles. The summed E-state index contributed by atoms with van der Waals surface area (Å²) in [7, 11) is 0. The van der Waals surface area contributed by atoms with E-state index in [9.17, 15) is 9.59 Å². The third kappa shape index (κ3) is 3.65. The van der Waals surface area contributed by atoms with Crippen molar-refractivity contribution >= 4 is 11.6 Å². The summed E-state index contributed by atoms with van der Waals surface area (Å²) < 4.78 is 3.10. The number of carbonyl (C=O) groups is 1. The third-order valence-corrected chi connectivity index (χ3v) is 4.37. The Labute approximate surface area is 165 Å². The summed E-state index contributed by atoms with van der Waals surface area (Å²) in [5.74, 6) is -0.575. The van der Waals surface area contributed by atoms with Gasteiger partial charge >= 0.3 is 0 Å². The fourth-order valence-corrected chi connectivity index (χ4v) is 2.99. The normalized spacial score (nSPS) is 10.7. The number of hydrogen-bond acceptors (Lipinski definition) is 6. The van der Waals surface area contributed by atoms with Crippen LogP contribution in [0.15, 0.2) is 65.7 Å². The Balaban J connectivity index is 1.64. The molecule has 2 heterocycles. The molecule has 2 aromatic heterocycles. The minimum Gasteiger partial charge on any atom is -0.320 e. The molecule has 4 rings (SSSR count). The quantitative estimate of drug-likeness (QED) is 0.574. The molecule has 144 valence electrons. The smallest absolute Gasteiger partial charge is 0.280 e. The van der Waals surface area contributed by atoms with Gasteiger partial charge in [0.25, 0.3) is 5.91 Å². The van der Waals surface area contributed by atoms with E-state index < -0.39 is 11.3 Å². The van der Waals surface area contributed by atoms with E-state index in [1.54, 1.807) is 29.8 Å². The molecule has 0 aliphatic carbocycles. The number of aromatic nitrogens is 6. The molecule has 0 aliphatic rings. The number of carbonyl (C=O) groups excluding carboxylic acids is 1. The average Bonchev–Trinajstić information content (AvgIpc) is 3.23. The van der Waals surface area contributed by atoms with Crippen molar-refractivity contribution in [3.63, 3.8) is 0 Å². The summed E-state index contributed by atoms with van der Waals surface area (Å²) in [6, 6.07) is 16.0. The van der Waals surface area contributed by atoms with Gasteiger partial charge in [0, 0.05) is 17.4 Å². The predicted octanol–water partition coefficient (Wildman–Crippen LogP) is 2.08. The van der Waals surface area contributed by atoms with Crippen molar-refractivity contribution in [2.24, 2.45) is 0 Å². The molecular weight excluding hydrogens is 370 g/mol. The zero-order chi connectivity index (χ0) is 20.4. The molecule has 0 aliphatic heterocycles. The van der Waals surface area contributed by atoms with Gasteiger partial charge in [0.15, 0.2) is 5.69 Å². The number of benzene rings is 2. The first kappa shape index (κ1) is 18.2. The van der Waals surface area contributed by atoms with Gasteiger partial charge in [0.1, 0.15) is 6.33 Å². The molecule has 0 radical (unpaired) electrons. The van der Waals surface area contributed by atoms with Crippen molar-refractivity contribution in [1.29, 1.82) is 0 Å². The second kappa shape index (κ2) is 7.47. The van der Waals surface area contributed by atoms with E-state index in [2.05, 4.69) is 25.9 Å². The van der Waals surface area contributed by atoms with E-state index >= 15 is 0 Å². The Morgan fingerprint density at radius 1 is 1.03 bits per heavy atom. The second-order valence-corrected chi connectivity index (χ2v) is 6.46. The fraction of sp³-hybridized carbons (Fsp3) is 0.100. The Morgan fingerprint density at radius 2 is 1.83 bits per heavy atom. The highest BCUT2D eigenvalue weighted by Gasteiger charge is 2.16. The maximum Gasteiger partial charge on any atom is 0.280 e. The van der Waals surface area contributed by atoms with Gasteiger partial charge in [0.2, 0.25) is 5.43 Å². The van der Waals surface area contributed by atoms with Crippen LogP contribution in [0.4, 0.5) is 5.69 Å². The number of rotatable bonds is 4. The lowest BCUT2D eigenvalue weighted by Gasteiger charge is -2.12. The van der Waals surface area contributed by atoms with Crippen LogP contribution in [0.25, 0.3) is 11.4 Å². The van der Waals surface area contributed by atoms with Crippen molar-refractivity contribution in [2.45, 2.75) is 13.8 Å². The SMILES string of the molecule is Cc1cc(NC(=O)c2nn(-c3ccccc3)c(C)cc2=O)ccc1-n1cnnn1. The molecule has 0 spiro atoms. The van der Waals surface area contributed by atoms with Gasteiger partial charge in [-0.15, -0.1) is 5.10 Å². The van der Waals surface area contributed by atoms with E-state index in [1.165, 1.54) is 17.1 Å². The van der Waals surface area contributed by atoms with Gasteiger partial charge in [-0.05, 0) is 60.2 Å². The zero-order valence-corrected chi connectivity index (χ0v) is 15.8. The lowest BCUT2D eigenvalue weighted by molar-refractivity contribution is 0.101. The van der Waals surface area contributed by atoms with Crippen LogP contribution < -0.4 is 10.7 Å². The number of hydrogen-bond donors (Lipinski definition) is 1. The highest BCUT2D eigenvalue weighted by atomic mass is 16.2. The van der Waals surface area contributed by atoms with Crippen molar-refractivity contribution in [1.82, 2.24) is 30.0 Å². The topological polar surface area (TPSA) is 108 Å². The van der Waals surface area contributed by atoms with Crippen LogP contribution in [-0.4, -0.2) is 35.9 Å². The number of para-hydroxylation sites is 1. The number of anilines is 1. The van der Waals surface area contributed by atoms with Gasteiger partial charge in [-0.25, -0.2) is 9.36 Å². The van der Waals surface area contributed by atoms with E-state index in [0.717, 1.165) is 16.9 Å². The molecule has 0 saturated carbocycles. The van der Waals surface area contributed by atoms with Crippen LogP contribution in [0.3, 0.4) is 0 Å². The van der Waals surface area contributed by atoms with Gasteiger partial charge in [-0.1, -0.05) is 18.2 Å². The number of aryl methyl sites for hydroxylation is 2. The maximum atomic E-state index is 12.7. The zero-order valence-electron chi connectivity index (χ0n) is 15.8. The lowest BCUT2D eigenvalue weighted by Crippen LogP contribution is -2.26. The summed E-state index contributed by atoms with van der Waals surface area (Å²) in [6.07, 6.45) is 1.49. The Bertz CT molecular complexity index is 1230. The first-order valence-electron chi connectivity index (χ1n) is 8.85. The highest BCUT2D eigenvalue weighted by Crippen LogP contribution is 2.18. The van der Waals surface area contributed by atoms with E-state index in [1.807, 2.05) is 37.3 Å². The average molecular weight is 387 g/mol. The molecule has 9 nitrogen and oxygen atoms in total. The summed E-state index contributed by atoms with van der Waals surface area (Å²) in [4.78, 5) is 25.1. The van der Waals surface area contributed by atoms with Gasteiger partial charge < -0.3 is 5.32 Å². The minimum absolute atomic E-state index is 0.179. The molecule has 29 heavy (non-hydrogen) atoms. The molecule has 0 bridgehead atoms. The second-order valence-electron chi connectivity index (χ2n) is 6.46. The highest BCUT2D eigenvalue weighted by molar-refractivity contribution is 6.02. The van der Waals surface area contributed by atoms with E-state index in [0.29, 0.717) is 11.4 Å². The summed E-state index contributed by atoms with van der Waals surface area (Å²) in [5, 5.41) is 18.1. The van der Waals surface area contributed by atoms with Crippen molar-refractivity contribution in [3.8, 4) is 11.4 Å². The summed E-state index contributed by atoms with van der Waals surface area (Å²) in [6.45, 7) is 3.64. The molecular formula is C20H17N7O2. The monoisotopic (exact) mass is 387 g/mol. The van der Waals surface area contributed by atoms with Crippen molar-refractivity contribution < 1.29 is 4.79 Å². The van der Waals surface area contributed by atoms with Gasteiger partial charge in [-0.3, -0.25) is 9.59 Å². The molecule has 0 atom stereocenters. The van der Waals surface area contributed by atoms with E-state index in [-0.39, 0.29) is 5.69 Å². The molecule has 0 saturated heterocycles. The summed E-state index contributed by atoms with van der Waals surface area (Å²) in [5.41, 5.74) is 2.97. The van der Waals surface area contributed by atoms with Crippen molar-refractivity contribution in [3.05, 3.63) is 88.1 Å². The van der Waals surface area contributed by atoms with E-state index in [4.69, 9.17) is 0 Å². The Kier molecular flexibility index (Phi) is 4.70. The van der Waals surface area contributed by atoms with Crippen LogP contribution in [-0.2, 0) is 0 Å². The van der Waals surface area contributed by atoms with Crippen LogP contribution in [0.5, 0.6) is 0 Å². The van der Waals surface area contributed by atoms with Crippen LogP contribution in [0.1, 0.15) is 21.7 Å². The van der Waals surface area contributed by atoms with Gasteiger partial charge in [-0.2, -0.15) is 5.10 Å². The molecule has 0 fully saturated rings. The molecule has 4 aromatic rings. The third-order valence-electron chi connectivity index (χ3n) is 4.37. The Morgan fingerprint density at radius 3 is 2.52 bits per heavy atom. The van der Waals surface area contributed by atoms with Crippen LogP contribution in [0, 0.1) is 13.8 Å². The van der Waals surface area contributed by atoms with Crippen LogP contribution >= 0.6 is 0 Å². The Hall–Kier alpha value is -4.14. The predicted molar refractivity (Wildman–Crippen MR) is 106 cm³/mol. The largest absolute Gasteiger partial charge is 0.320 e. The number of amides is 1. The number of tetrazole rings is 1. The lowest BCUT2D eigenvalue weighted by atomic mass is 10.1. The standard InChI is InChI=1S/C20H17N7O2/c1-13-10-15(8-9-17(13)26-12-21-24-25-26)22-20(29)19-18(28)11-14(2)27(23-19)16-6-4-3-5-7-16/h3-12H,1-2H3,(H,22,29). The molecule has 9 heteroatoms. The first-order valence-corrected chi connectivity index (χ1v) is 8.85. The number of nitrogens with one attached hydrogen (secondary N) is 1. The fourth-order valence-electron chi connectivity index (χ4n) is 2.99. The molecule has 1 N–H and O–H groups in total. The van der Waals surface area contributed by atoms with Crippen molar-refractivity contribution in [2.75, 3.05) is 5.32 Å². The first-order chi connectivity index (χ1) is 14.0.